The Morgan fingerprint density at radius 1 is 1.33 bits per heavy atom. The maximum absolute atomic E-state index is 14.9. The molecule has 1 saturated heterocycles. The Hall–Kier alpha value is -3.40. The van der Waals surface area contributed by atoms with Gasteiger partial charge in [-0.3, -0.25) is 5.32 Å². The number of benzene rings is 1. The molecule has 1 fully saturated rings. The highest BCUT2D eigenvalue weighted by Gasteiger charge is 2.47. The lowest BCUT2D eigenvalue weighted by molar-refractivity contribution is 0.155. The first-order valence-electron chi connectivity index (χ1n) is 9.67. The van der Waals surface area contributed by atoms with Crippen molar-refractivity contribution in [1.29, 1.82) is 0 Å². The van der Waals surface area contributed by atoms with E-state index in [1.54, 1.807) is 47.2 Å². The van der Waals surface area contributed by atoms with E-state index in [2.05, 4.69) is 37.7 Å². The number of phenolic OH excluding ortho intramolecular Hbond substituents is 1. The predicted octanol–water partition coefficient (Wildman–Crippen LogP) is 1.66. The average Bonchev–Trinajstić information content (AvgIpc) is 3.39. The number of hydrogen-bond donors (Lipinski definition) is 2. The quantitative estimate of drug-likeness (QED) is 0.628. The van der Waals surface area contributed by atoms with Crippen LogP contribution >= 0.6 is 0 Å². The molecular formula is C20H21FN8O. The van der Waals surface area contributed by atoms with Crippen LogP contribution in [0.2, 0.25) is 0 Å². The van der Waals surface area contributed by atoms with Crippen molar-refractivity contribution < 1.29 is 9.50 Å². The lowest BCUT2D eigenvalue weighted by Crippen LogP contribution is -2.60. The van der Waals surface area contributed by atoms with E-state index >= 15 is 0 Å². The van der Waals surface area contributed by atoms with Gasteiger partial charge in [0.2, 0.25) is 5.95 Å². The molecule has 2 aromatic heterocycles. The third-order valence-corrected chi connectivity index (χ3v) is 5.82. The number of anilines is 1. The molecule has 1 aromatic carbocycles. The van der Waals surface area contributed by atoms with Gasteiger partial charge < -0.3 is 10.0 Å². The first-order chi connectivity index (χ1) is 14.4. The fourth-order valence-corrected chi connectivity index (χ4v) is 4.17. The van der Waals surface area contributed by atoms with Gasteiger partial charge in [0, 0.05) is 24.2 Å². The smallest absolute Gasteiger partial charge is 0.245 e. The molecule has 30 heavy (non-hydrogen) atoms. The molecule has 2 bridgehead atoms. The Morgan fingerprint density at radius 2 is 2.20 bits per heavy atom. The summed E-state index contributed by atoms with van der Waals surface area (Å²) in [5.74, 6) is 0.369. The van der Waals surface area contributed by atoms with Crippen molar-refractivity contribution >= 4 is 5.95 Å². The number of halogens is 1. The van der Waals surface area contributed by atoms with Crippen LogP contribution in [-0.2, 0) is 0 Å². The molecule has 1 unspecified atom stereocenters. The molecule has 3 aromatic rings. The molecule has 0 aliphatic carbocycles. The highest BCUT2D eigenvalue weighted by atomic mass is 19.1. The second-order valence-corrected chi connectivity index (χ2v) is 7.97. The Bertz CT molecular complexity index is 1090. The van der Waals surface area contributed by atoms with Gasteiger partial charge in [0.05, 0.1) is 36.4 Å². The molecule has 0 amide bonds. The van der Waals surface area contributed by atoms with Crippen molar-refractivity contribution in [2.75, 3.05) is 11.9 Å². The van der Waals surface area contributed by atoms with Crippen LogP contribution in [-0.4, -0.2) is 66.1 Å². The number of nitrogens with zero attached hydrogens (tertiary/aromatic N) is 7. The van der Waals surface area contributed by atoms with Crippen LogP contribution in [0.3, 0.4) is 0 Å². The maximum Gasteiger partial charge on any atom is 0.245 e. The Morgan fingerprint density at radius 3 is 2.90 bits per heavy atom. The maximum atomic E-state index is 14.9. The summed E-state index contributed by atoms with van der Waals surface area (Å²) in [5.41, 5.74) is 1.36. The molecule has 2 N–H and O–H groups in total. The van der Waals surface area contributed by atoms with E-state index in [4.69, 9.17) is 0 Å². The molecule has 0 radical (unpaired) electrons. The van der Waals surface area contributed by atoms with Gasteiger partial charge in [-0.25, -0.2) is 14.1 Å². The number of rotatable bonds is 4. The molecule has 5 rings (SSSR count). The van der Waals surface area contributed by atoms with Gasteiger partial charge in [0.1, 0.15) is 17.6 Å². The first kappa shape index (κ1) is 18.6. The van der Waals surface area contributed by atoms with E-state index in [-0.39, 0.29) is 23.4 Å². The van der Waals surface area contributed by atoms with Crippen LogP contribution in [0, 0.1) is 0 Å². The van der Waals surface area contributed by atoms with Crippen molar-refractivity contribution in [3.8, 4) is 22.7 Å². The number of phenols is 1. The zero-order valence-electron chi connectivity index (χ0n) is 16.5. The fraction of sp³-hybridized carbons (Fsp3) is 0.350. The monoisotopic (exact) mass is 408 g/mol. The zero-order valence-corrected chi connectivity index (χ0v) is 16.5. The average molecular weight is 408 g/mol. The number of aromatic hydroxyl groups is 1. The van der Waals surface area contributed by atoms with Crippen molar-refractivity contribution in [3.05, 3.63) is 48.9 Å². The van der Waals surface area contributed by atoms with E-state index in [0.29, 0.717) is 29.3 Å². The van der Waals surface area contributed by atoms with Crippen molar-refractivity contribution in [2.45, 2.75) is 37.1 Å². The topological polar surface area (TPSA) is 105 Å². The van der Waals surface area contributed by atoms with E-state index < -0.39 is 6.17 Å². The highest BCUT2D eigenvalue weighted by molar-refractivity contribution is 5.68. The van der Waals surface area contributed by atoms with Crippen LogP contribution in [0.25, 0.3) is 16.9 Å². The summed E-state index contributed by atoms with van der Waals surface area (Å²) >= 11 is 0. The minimum atomic E-state index is -1.07. The van der Waals surface area contributed by atoms with Gasteiger partial charge in [-0.2, -0.15) is 0 Å². The SMILES string of the molecule is CN(c1ncc(-c2ccc(-n3ccnn3)cc2O)nn1)[C@H]1C[C@]2(C)C=CC(N2)[C@@H]1F. The van der Waals surface area contributed by atoms with Gasteiger partial charge >= 0.3 is 0 Å². The van der Waals surface area contributed by atoms with E-state index in [1.165, 1.54) is 6.20 Å². The van der Waals surface area contributed by atoms with Crippen LogP contribution in [0.15, 0.2) is 48.9 Å². The van der Waals surface area contributed by atoms with Crippen LogP contribution in [0.4, 0.5) is 10.3 Å². The molecule has 4 atom stereocenters. The number of hydrogen-bond acceptors (Lipinski definition) is 8. The second-order valence-electron chi connectivity index (χ2n) is 7.97. The van der Waals surface area contributed by atoms with E-state index in [0.717, 1.165) is 0 Å². The lowest BCUT2D eigenvalue weighted by atomic mass is 9.87. The van der Waals surface area contributed by atoms with Crippen LogP contribution in [0.1, 0.15) is 13.3 Å². The summed E-state index contributed by atoms with van der Waals surface area (Å²) in [6.45, 7) is 2.06. The number of nitrogens with one attached hydrogen (secondary N) is 1. The molecule has 10 heteroatoms. The normalized spacial score (nSPS) is 27.4. The summed E-state index contributed by atoms with van der Waals surface area (Å²) < 4.78 is 16.5. The predicted molar refractivity (Wildman–Crippen MR) is 108 cm³/mol. The minimum Gasteiger partial charge on any atom is -0.507 e. The molecule has 0 spiro atoms. The molecule has 4 heterocycles. The zero-order chi connectivity index (χ0) is 20.9. The summed E-state index contributed by atoms with van der Waals surface area (Å²) in [7, 11) is 1.78. The summed E-state index contributed by atoms with van der Waals surface area (Å²) in [5, 5.41) is 29.8. The van der Waals surface area contributed by atoms with Crippen LogP contribution in [0.5, 0.6) is 5.75 Å². The highest BCUT2D eigenvalue weighted by Crippen LogP contribution is 2.35. The number of piperidine rings is 1. The fourth-order valence-electron chi connectivity index (χ4n) is 4.17. The lowest BCUT2D eigenvalue weighted by Gasteiger charge is -2.42. The van der Waals surface area contributed by atoms with Gasteiger partial charge in [0.15, 0.2) is 0 Å². The Balaban J connectivity index is 1.37. The molecule has 154 valence electrons. The van der Waals surface area contributed by atoms with Gasteiger partial charge in [-0.05, 0) is 25.5 Å². The van der Waals surface area contributed by atoms with E-state index in [9.17, 15) is 9.50 Å². The minimum absolute atomic E-state index is 0.0259. The second kappa shape index (κ2) is 6.84. The number of alkyl halides is 1. The van der Waals surface area contributed by atoms with Crippen molar-refractivity contribution in [1.82, 2.24) is 35.5 Å². The number of aromatic nitrogens is 6. The molecular weight excluding hydrogens is 387 g/mol. The van der Waals surface area contributed by atoms with Crippen molar-refractivity contribution in [3.63, 3.8) is 0 Å². The molecule has 2 aliphatic heterocycles. The third-order valence-electron chi connectivity index (χ3n) is 5.82. The van der Waals surface area contributed by atoms with Gasteiger partial charge in [0.25, 0.3) is 0 Å². The Labute approximate surface area is 172 Å². The Kier molecular flexibility index (Phi) is 4.24. The first-order valence-corrected chi connectivity index (χ1v) is 9.67. The van der Waals surface area contributed by atoms with Crippen LogP contribution < -0.4 is 10.2 Å². The number of fused-ring (bicyclic) bond motifs is 2. The molecule has 9 nitrogen and oxygen atoms in total. The van der Waals surface area contributed by atoms with Crippen molar-refractivity contribution in [2.24, 2.45) is 0 Å². The standard InChI is InChI=1S/C20H21FN8O/c1-20-6-5-14(24-20)18(21)16(10-20)28(2)19-22-11-15(25-26-19)13-4-3-12(9-17(13)30)29-8-7-23-27-29/h3-9,11,14,16,18,24,30H,10H2,1-2H3/t14?,16-,18-,20-/m0/s1. The summed E-state index contributed by atoms with van der Waals surface area (Å²) in [4.78, 5) is 6.12. The largest absolute Gasteiger partial charge is 0.507 e. The van der Waals surface area contributed by atoms with Gasteiger partial charge in [-0.1, -0.05) is 17.4 Å². The van der Waals surface area contributed by atoms with Gasteiger partial charge in [-0.15, -0.1) is 15.3 Å². The summed E-state index contributed by atoms with van der Waals surface area (Å²) in [6, 6.07) is 4.41. The third kappa shape index (κ3) is 3.09. The van der Waals surface area contributed by atoms with E-state index in [1.807, 2.05) is 12.2 Å². The molecule has 2 aliphatic rings. The molecule has 0 saturated carbocycles. The summed E-state index contributed by atoms with van der Waals surface area (Å²) in [6.07, 6.45) is 8.24.